The minimum absolute atomic E-state index is 0. The minimum Gasteiger partial charge on any atom is -0.493 e. The number of methoxy groups -OCH3 is 2. The van der Waals surface area contributed by atoms with E-state index in [4.69, 9.17) is 19.9 Å². The van der Waals surface area contributed by atoms with Crippen LogP contribution in [0.5, 0.6) is 11.5 Å². The SMILES string of the molecule is COc1ccc(CCNC(N)=NCc2ccccc2CN2CCOCC2)cc1OC.I. The van der Waals surface area contributed by atoms with Crippen molar-refractivity contribution in [3.05, 3.63) is 59.2 Å². The maximum Gasteiger partial charge on any atom is 0.188 e. The van der Waals surface area contributed by atoms with Gasteiger partial charge in [0.2, 0.25) is 0 Å². The van der Waals surface area contributed by atoms with E-state index in [1.165, 1.54) is 11.1 Å². The summed E-state index contributed by atoms with van der Waals surface area (Å²) in [7, 11) is 3.27. The number of guanidine groups is 1. The summed E-state index contributed by atoms with van der Waals surface area (Å²) in [5.41, 5.74) is 9.73. The maximum absolute atomic E-state index is 6.09. The van der Waals surface area contributed by atoms with Crippen molar-refractivity contribution in [2.45, 2.75) is 19.5 Å². The summed E-state index contributed by atoms with van der Waals surface area (Å²) in [5.74, 6) is 1.91. The third-order valence-corrected chi connectivity index (χ3v) is 5.20. The van der Waals surface area contributed by atoms with Gasteiger partial charge in [0.05, 0.1) is 34.0 Å². The lowest BCUT2D eigenvalue weighted by Crippen LogP contribution is -2.36. The molecule has 0 radical (unpaired) electrons. The number of halogens is 1. The molecule has 170 valence electrons. The van der Waals surface area contributed by atoms with E-state index < -0.39 is 0 Å². The Morgan fingerprint density at radius 1 is 1.06 bits per heavy atom. The zero-order valence-electron chi connectivity index (χ0n) is 18.3. The molecule has 0 spiro atoms. The van der Waals surface area contributed by atoms with Gasteiger partial charge in [-0.05, 0) is 35.2 Å². The molecule has 2 aromatic carbocycles. The molecule has 1 fully saturated rings. The van der Waals surface area contributed by atoms with Crippen LogP contribution in [0.3, 0.4) is 0 Å². The fourth-order valence-electron chi connectivity index (χ4n) is 3.46. The van der Waals surface area contributed by atoms with Gasteiger partial charge in [-0.25, -0.2) is 4.99 Å². The summed E-state index contributed by atoms with van der Waals surface area (Å²) in [6.45, 7) is 5.72. The number of morpholine rings is 1. The number of hydrogen-bond acceptors (Lipinski definition) is 5. The molecule has 3 rings (SSSR count). The molecule has 2 aromatic rings. The molecule has 0 aromatic heterocycles. The van der Waals surface area contributed by atoms with E-state index in [0.717, 1.165) is 56.3 Å². The van der Waals surface area contributed by atoms with Crippen molar-refractivity contribution < 1.29 is 14.2 Å². The Labute approximate surface area is 202 Å². The number of hydrogen-bond donors (Lipinski definition) is 2. The number of nitrogens with one attached hydrogen (secondary N) is 1. The van der Waals surface area contributed by atoms with E-state index in [0.29, 0.717) is 19.0 Å². The lowest BCUT2D eigenvalue weighted by Gasteiger charge is -2.27. The third-order valence-electron chi connectivity index (χ3n) is 5.20. The molecule has 3 N–H and O–H groups in total. The molecule has 0 aliphatic carbocycles. The van der Waals surface area contributed by atoms with Crippen molar-refractivity contribution in [3.8, 4) is 11.5 Å². The fraction of sp³-hybridized carbons (Fsp3) is 0.435. The Balaban J connectivity index is 0.00000341. The lowest BCUT2D eigenvalue weighted by atomic mass is 10.1. The number of nitrogens with two attached hydrogens (primary N) is 1. The van der Waals surface area contributed by atoms with Gasteiger partial charge in [-0.15, -0.1) is 24.0 Å². The van der Waals surface area contributed by atoms with Crippen molar-refractivity contribution in [2.75, 3.05) is 47.1 Å². The zero-order valence-corrected chi connectivity index (χ0v) is 20.6. The first kappa shape index (κ1) is 25.2. The predicted molar refractivity (Wildman–Crippen MR) is 135 cm³/mol. The third kappa shape index (κ3) is 7.86. The second kappa shape index (κ2) is 13.4. The Morgan fingerprint density at radius 2 is 1.77 bits per heavy atom. The van der Waals surface area contributed by atoms with Gasteiger partial charge >= 0.3 is 0 Å². The standard InChI is InChI=1S/C23H32N4O3.HI/c1-28-21-8-7-18(15-22(21)29-2)9-10-25-23(24)26-16-19-5-3-4-6-20(19)17-27-11-13-30-14-12-27;/h3-8,15H,9-14,16-17H2,1-2H3,(H3,24,25,26);1H. The van der Waals surface area contributed by atoms with Gasteiger partial charge in [0.15, 0.2) is 17.5 Å². The molecule has 0 bridgehead atoms. The van der Waals surface area contributed by atoms with Gasteiger partial charge in [-0.2, -0.15) is 0 Å². The maximum atomic E-state index is 6.09. The molecule has 1 heterocycles. The van der Waals surface area contributed by atoms with Crippen LogP contribution < -0.4 is 20.5 Å². The van der Waals surface area contributed by atoms with Gasteiger partial charge in [0.25, 0.3) is 0 Å². The summed E-state index contributed by atoms with van der Waals surface area (Å²) >= 11 is 0. The second-order valence-electron chi connectivity index (χ2n) is 7.22. The summed E-state index contributed by atoms with van der Waals surface area (Å²) in [6, 6.07) is 14.3. The highest BCUT2D eigenvalue weighted by atomic mass is 127. The minimum atomic E-state index is 0. The van der Waals surface area contributed by atoms with Crippen LogP contribution >= 0.6 is 24.0 Å². The summed E-state index contributed by atoms with van der Waals surface area (Å²) in [4.78, 5) is 6.95. The fourth-order valence-corrected chi connectivity index (χ4v) is 3.46. The molecule has 0 saturated carbocycles. The van der Waals surface area contributed by atoms with E-state index >= 15 is 0 Å². The van der Waals surface area contributed by atoms with E-state index in [2.05, 4.69) is 33.4 Å². The Morgan fingerprint density at radius 3 is 2.48 bits per heavy atom. The van der Waals surface area contributed by atoms with Gasteiger partial charge in [-0.3, -0.25) is 4.90 Å². The molecule has 0 amide bonds. The molecule has 7 nitrogen and oxygen atoms in total. The van der Waals surface area contributed by atoms with Gasteiger partial charge < -0.3 is 25.3 Å². The van der Waals surface area contributed by atoms with Crippen molar-refractivity contribution >= 4 is 29.9 Å². The molecule has 8 heteroatoms. The Bertz CT molecular complexity index is 841. The van der Waals surface area contributed by atoms with Crippen LogP contribution in [0.25, 0.3) is 0 Å². The average Bonchev–Trinajstić information content (AvgIpc) is 2.79. The number of aliphatic imine (C=N–C) groups is 1. The second-order valence-corrected chi connectivity index (χ2v) is 7.22. The van der Waals surface area contributed by atoms with Gasteiger partial charge in [0, 0.05) is 26.2 Å². The van der Waals surface area contributed by atoms with Crippen LogP contribution in [0.15, 0.2) is 47.5 Å². The molecule has 0 atom stereocenters. The molecule has 1 aliphatic heterocycles. The molecular weight excluding hydrogens is 507 g/mol. The monoisotopic (exact) mass is 540 g/mol. The van der Waals surface area contributed by atoms with Gasteiger partial charge in [0.1, 0.15) is 0 Å². The highest BCUT2D eigenvalue weighted by Gasteiger charge is 2.12. The average molecular weight is 540 g/mol. The molecule has 31 heavy (non-hydrogen) atoms. The van der Waals surface area contributed by atoms with Gasteiger partial charge in [-0.1, -0.05) is 30.3 Å². The van der Waals surface area contributed by atoms with Crippen molar-refractivity contribution in [1.82, 2.24) is 10.2 Å². The molecule has 1 aliphatic rings. The van der Waals surface area contributed by atoms with E-state index in [-0.39, 0.29) is 24.0 Å². The van der Waals surface area contributed by atoms with E-state index in [9.17, 15) is 0 Å². The molecule has 0 unspecified atom stereocenters. The topological polar surface area (TPSA) is 81.3 Å². The lowest BCUT2D eigenvalue weighted by molar-refractivity contribution is 0.0341. The molecular formula is C23H33IN4O3. The first-order valence-corrected chi connectivity index (χ1v) is 10.3. The quantitative estimate of drug-likeness (QED) is 0.289. The largest absolute Gasteiger partial charge is 0.493 e. The first-order valence-electron chi connectivity index (χ1n) is 10.3. The summed E-state index contributed by atoms with van der Waals surface area (Å²) in [5, 5.41) is 3.20. The van der Waals surface area contributed by atoms with Crippen molar-refractivity contribution in [2.24, 2.45) is 10.7 Å². The number of rotatable bonds is 9. The van der Waals surface area contributed by atoms with Crippen LogP contribution in [0, 0.1) is 0 Å². The highest BCUT2D eigenvalue weighted by Crippen LogP contribution is 2.27. The van der Waals surface area contributed by atoms with Crippen molar-refractivity contribution in [3.63, 3.8) is 0 Å². The Hall–Kier alpha value is -2.04. The Kier molecular flexibility index (Phi) is 10.9. The van der Waals surface area contributed by atoms with Crippen LogP contribution in [0.2, 0.25) is 0 Å². The van der Waals surface area contributed by atoms with E-state index in [1.54, 1.807) is 14.2 Å². The van der Waals surface area contributed by atoms with Crippen LogP contribution in [-0.4, -0.2) is 57.9 Å². The number of ether oxygens (including phenoxy) is 3. The first-order chi connectivity index (χ1) is 14.7. The van der Waals surface area contributed by atoms with Crippen molar-refractivity contribution in [1.29, 1.82) is 0 Å². The summed E-state index contributed by atoms with van der Waals surface area (Å²) < 4.78 is 16.1. The van der Waals surface area contributed by atoms with Crippen LogP contribution in [0.1, 0.15) is 16.7 Å². The highest BCUT2D eigenvalue weighted by molar-refractivity contribution is 14.0. The number of benzene rings is 2. The summed E-state index contributed by atoms with van der Waals surface area (Å²) in [6.07, 6.45) is 0.810. The number of nitrogens with zero attached hydrogens (tertiary/aromatic N) is 2. The smallest absolute Gasteiger partial charge is 0.188 e. The zero-order chi connectivity index (χ0) is 21.2. The predicted octanol–water partition coefficient (Wildman–Crippen LogP) is 2.80. The van der Waals surface area contributed by atoms with E-state index in [1.807, 2.05) is 24.3 Å². The molecule has 1 saturated heterocycles. The van der Waals surface area contributed by atoms with Crippen LogP contribution in [-0.2, 0) is 24.2 Å². The normalized spacial score (nSPS) is 14.6. The van der Waals surface area contributed by atoms with Crippen LogP contribution in [0.4, 0.5) is 0 Å².